The van der Waals surface area contributed by atoms with Gasteiger partial charge in [-0.1, -0.05) is 18.5 Å². The first-order chi connectivity index (χ1) is 8.72. The number of anilines is 1. The van der Waals surface area contributed by atoms with Crippen molar-refractivity contribution in [1.82, 2.24) is 5.32 Å². The van der Waals surface area contributed by atoms with Gasteiger partial charge in [-0.2, -0.15) is 11.8 Å². The lowest BCUT2D eigenvalue weighted by molar-refractivity contribution is 0.684. The summed E-state index contributed by atoms with van der Waals surface area (Å²) < 4.78 is 0. The van der Waals surface area contributed by atoms with Crippen LogP contribution < -0.4 is 10.2 Å². The third-order valence-electron chi connectivity index (χ3n) is 3.44. The van der Waals surface area contributed by atoms with Gasteiger partial charge in [0.15, 0.2) is 0 Å². The van der Waals surface area contributed by atoms with Crippen molar-refractivity contribution in [3.63, 3.8) is 0 Å². The van der Waals surface area contributed by atoms with Crippen molar-refractivity contribution in [2.75, 3.05) is 30.0 Å². The Morgan fingerprint density at radius 1 is 1.50 bits per heavy atom. The maximum Gasteiger partial charge on any atom is 0.0413 e. The number of halogens is 1. The predicted molar refractivity (Wildman–Crippen MR) is 83.0 cm³/mol. The molecule has 100 valence electrons. The first-order valence-corrected chi connectivity index (χ1v) is 8.05. The summed E-state index contributed by atoms with van der Waals surface area (Å²) in [5.74, 6) is 2.52. The summed E-state index contributed by atoms with van der Waals surface area (Å²) in [6.07, 6.45) is 1.28. The highest BCUT2D eigenvalue weighted by Gasteiger charge is 2.21. The van der Waals surface area contributed by atoms with Crippen LogP contribution in [0, 0.1) is 0 Å². The van der Waals surface area contributed by atoms with E-state index in [1.165, 1.54) is 29.2 Å². The predicted octanol–water partition coefficient (Wildman–Crippen LogP) is 3.39. The molecule has 18 heavy (non-hydrogen) atoms. The van der Waals surface area contributed by atoms with Crippen LogP contribution in [0.4, 0.5) is 5.69 Å². The number of rotatable bonds is 5. The molecule has 0 aromatic heterocycles. The zero-order valence-corrected chi connectivity index (χ0v) is 12.7. The summed E-state index contributed by atoms with van der Waals surface area (Å²) in [7, 11) is 2.20. The van der Waals surface area contributed by atoms with Crippen molar-refractivity contribution in [1.29, 1.82) is 0 Å². The van der Waals surface area contributed by atoms with Crippen LogP contribution in [0.25, 0.3) is 0 Å². The van der Waals surface area contributed by atoms with Crippen molar-refractivity contribution in [3.8, 4) is 0 Å². The van der Waals surface area contributed by atoms with Crippen LogP contribution in [-0.2, 0) is 6.54 Å². The van der Waals surface area contributed by atoms with E-state index in [2.05, 4.69) is 36.3 Å². The van der Waals surface area contributed by atoms with Gasteiger partial charge in [-0.05, 0) is 42.5 Å². The average molecular weight is 285 g/mol. The van der Waals surface area contributed by atoms with E-state index >= 15 is 0 Å². The molecule has 1 N–H and O–H groups in total. The number of nitrogens with zero attached hydrogens (tertiary/aromatic N) is 1. The minimum atomic E-state index is 0.663. The Bertz CT molecular complexity index is 391. The standard InChI is InChI=1S/C14H21ClN2S/c1-3-16-9-11-8-12(15)4-5-14(11)17(2)13-6-7-18-10-13/h4-5,8,13,16H,3,6-7,9-10H2,1-2H3. The molecule has 0 aliphatic carbocycles. The topological polar surface area (TPSA) is 15.3 Å². The van der Waals surface area contributed by atoms with E-state index in [1.807, 2.05) is 17.8 Å². The number of thioether (sulfide) groups is 1. The molecule has 0 saturated carbocycles. The van der Waals surface area contributed by atoms with Gasteiger partial charge in [-0.25, -0.2) is 0 Å². The molecular weight excluding hydrogens is 264 g/mol. The van der Waals surface area contributed by atoms with Crippen LogP contribution in [0.1, 0.15) is 18.9 Å². The van der Waals surface area contributed by atoms with Gasteiger partial charge in [0.1, 0.15) is 0 Å². The Morgan fingerprint density at radius 2 is 2.33 bits per heavy atom. The molecule has 0 bridgehead atoms. The molecule has 1 unspecified atom stereocenters. The van der Waals surface area contributed by atoms with Crippen LogP contribution >= 0.6 is 23.4 Å². The van der Waals surface area contributed by atoms with Gasteiger partial charge in [0.2, 0.25) is 0 Å². The third kappa shape index (κ3) is 3.34. The lowest BCUT2D eigenvalue weighted by Crippen LogP contribution is -2.32. The molecule has 0 radical (unpaired) electrons. The summed E-state index contributed by atoms with van der Waals surface area (Å²) in [4.78, 5) is 2.42. The Morgan fingerprint density at radius 3 is 3.00 bits per heavy atom. The van der Waals surface area contributed by atoms with Gasteiger partial charge in [-0.15, -0.1) is 0 Å². The molecule has 1 aliphatic heterocycles. The van der Waals surface area contributed by atoms with Gasteiger partial charge < -0.3 is 10.2 Å². The van der Waals surface area contributed by atoms with E-state index in [0.717, 1.165) is 18.1 Å². The number of hydrogen-bond donors (Lipinski definition) is 1. The fourth-order valence-electron chi connectivity index (χ4n) is 2.32. The van der Waals surface area contributed by atoms with E-state index in [9.17, 15) is 0 Å². The van der Waals surface area contributed by atoms with E-state index in [-0.39, 0.29) is 0 Å². The normalized spacial score (nSPS) is 19.2. The monoisotopic (exact) mass is 284 g/mol. The zero-order chi connectivity index (χ0) is 13.0. The fourth-order valence-corrected chi connectivity index (χ4v) is 3.79. The second kappa shape index (κ2) is 6.69. The first-order valence-electron chi connectivity index (χ1n) is 6.52. The van der Waals surface area contributed by atoms with Crippen molar-refractivity contribution >= 4 is 29.1 Å². The smallest absolute Gasteiger partial charge is 0.0413 e. The quantitative estimate of drug-likeness (QED) is 0.892. The highest BCUT2D eigenvalue weighted by atomic mass is 35.5. The maximum absolute atomic E-state index is 6.11. The first kappa shape index (κ1) is 14.0. The largest absolute Gasteiger partial charge is 0.370 e. The molecule has 0 spiro atoms. The van der Waals surface area contributed by atoms with Crippen LogP contribution in [0.2, 0.25) is 5.02 Å². The molecule has 1 fully saturated rings. The second-order valence-electron chi connectivity index (χ2n) is 4.68. The van der Waals surface area contributed by atoms with Crippen molar-refractivity contribution in [3.05, 3.63) is 28.8 Å². The van der Waals surface area contributed by atoms with Crippen LogP contribution in [-0.4, -0.2) is 31.1 Å². The summed E-state index contributed by atoms with van der Waals surface area (Å²) >= 11 is 8.16. The second-order valence-corrected chi connectivity index (χ2v) is 6.27. The minimum absolute atomic E-state index is 0.663. The van der Waals surface area contributed by atoms with E-state index in [1.54, 1.807) is 0 Å². The highest BCUT2D eigenvalue weighted by Crippen LogP contribution is 2.29. The summed E-state index contributed by atoms with van der Waals surface area (Å²) in [5.41, 5.74) is 2.61. The van der Waals surface area contributed by atoms with Gasteiger partial charge in [-0.3, -0.25) is 0 Å². The molecule has 1 heterocycles. The molecule has 0 amide bonds. The summed E-state index contributed by atoms with van der Waals surface area (Å²) in [5, 5.41) is 4.21. The molecule has 2 rings (SSSR count). The molecule has 2 nitrogen and oxygen atoms in total. The summed E-state index contributed by atoms with van der Waals surface area (Å²) in [6, 6.07) is 6.89. The lowest BCUT2D eigenvalue weighted by atomic mass is 10.1. The molecule has 4 heteroatoms. The molecule has 1 atom stereocenters. The van der Waals surface area contributed by atoms with Gasteiger partial charge in [0.25, 0.3) is 0 Å². The Kier molecular flexibility index (Phi) is 5.22. The number of nitrogens with one attached hydrogen (secondary N) is 1. The van der Waals surface area contributed by atoms with E-state index in [0.29, 0.717) is 6.04 Å². The molecule has 1 aromatic rings. The van der Waals surface area contributed by atoms with Gasteiger partial charge >= 0.3 is 0 Å². The maximum atomic E-state index is 6.11. The Balaban J connectivity index is 2.18. The highest BCUT2D eigenvalue weighted by molar-refractivity contribution is 7.99. The van der Waals surface area contributed by atoms with Gasteiger partial charge in [0.05, 0.1) is 0 Å². The van der Waals surface area contributed by atoms with E-state index < -0.39 is 0 Å². The van der Waals surface area contributed by atoms with Crippen LogP contribution in [0.5, 0.6) is 0 Å². The SMILES string of the molecule is CCNCc1cc(Cl)ccc1N(C)C1CCSC1. The average Bonchev–Trinajstić information content (AvgIpc) is 2.89. The molecular formula is C14H21ClN2S. The molecule has 1 saturated heterocycles. The van der Waals surface area contributed by atoms with Crippen LogP contribution in [0.3, 0.4) is 0 Å². The Labute approximate surface area is 119 Å². The number of benzene rings is 1. The van der Waals surface area contributed by atoms with Crippen molar-refractivity contribution in [2.24, 2.45) is 0 Å². The molecule has 1 aromatic carbocycles. The lowest BCUT2D eigenvalue weighted by Gasteiger charge is -2.28. The van der Waals surface area contributed by atoms with E-state index in [4.69, 9.17) is 11.6 Å². The number of hydrogen-bond acceptors (Lipinski definition) is 3. The minimum Gasteiger partial charge on any atom is -0.370 e. The molecule has 1 aliphatic rings. The van der Waals surface area contributed by atoms with Crippen molar-refractivity contribution in [2.45, 2.75) is 25.9 Å². The Hall–Kier alpha value is -0.380. The third-order valence-corrected chi connectivity index (χ3v) is 4.82. The van der Waals surface area contributed by atoms with Crippen molar-refractivity contribution < 1.29 is 0 Å². The van der Waals surface area contributed by atoms with Gasteiger partial charge in [0, 0.05) is 36.1 Å². The zero-order valence-electron chi connectivity index (χ0n) is 11.1. The fraction of sp³-hybridized carbons (Fsp3) is 0.571. The summed E-state index contributed by atoms with van der Waals surface area (Å²) in [6.45, 7) is 3.99. The van der Waals surface area contributed by atoms with Crippen LogP contribution in [0.15, 0.2) is 18.2 Å².